The van der Waals surface area contributed by atoms with E-state index in [0.29, 0.717) is 6.54 Å². The Morgan fingerprint density at radius 1 is 1.12 bits per heavy atom. The average molecular weight is 327 g/mol. The van der Waals surface area contributed by atoms with Gasteiger partial charge in [-0.2, -0.15) is 0 Å². The maximum Gasteiger partial charge on any atom is 0.260 e. The topological polar surface area (TPSA) is 65.2 Å². The summed E-state index contributed by atoms with van der Waals surface area (Å²) in [7, 11) is 0. The number of hydrogen-bond acceptors (Lipinski definition) is 3. The quantitative estimate of drug-likeness (QED) is 0.821. The van der Waals surface area contributed by atoms with Crippen LogP contribution in [-0.4, -0.2) is 28.9 Å². The third-order valence-corrected chi connectivity index (χ3v) is 4.05. The summed E-state index contributed by atoms with van der Waals surface area (Å²) >= 11 is 0. The average Bonchev–Trinajstić information content (AvgIpc) is 2.58. The van der Waals surface area contributed by atoms with Gasteiger partial charge in [0, 0.05) is 18.8 Å². The summed E-state index contributed by atoms with van der Waals surface area (Å²) < 4.78 is 0. The first-order chi connectivity index (χ1) is 11.5. The second-order valence-corrected chi connectivity index (χ2v) is 5.85. The molecule has 2 aromatic rings. The standard InChI is InChI=1S/C19H25N3O2/c1-4-22(5-2)13-16-8-6-7-15(11-16)12-20-18(23)17-10-9-14(3)21-19(17)24/h6-11H,4-5,12-13H2,1-3H3,(H,20,23)(H,21,24). The molecule has 0 radical (unpaired) electrons. The number of nitrogens with zero attached hydrogens (tertiary/aromatic N) is 1. The Balaban J connectivity index is 2.01. The number of pyridine rings is 1. The fourth-order valence-corrected chi connectivity index (χ4v) is 2.57. The van der Waals surface area contributed by atoms with Crippen LogP contribution >= 0.6 is 0 Å². The molecule has 0 fully saturated rings. The Labute approximate surface area is 142 Å². The molecule has 2 N–H and O–H groups in total. The van der Waals surface area contributed by atoms with Gasteiger partial charge in [0.2, 0.25) is 0 Å². The van der Waals surface area contributed by atoms with Gasteiger partial charge in [-0.05, 0) is 43.3 Å². The molecule has 2 rings (SSSR count). The van der Waals surface area contributed by atoms with E-state index in [1.54, 1.807) is 19.1 Å². The molecule has 0 unspecified atom stereocenters. The second-order valence-electron chi connectivity index (χ2n) is 5.85. The summed E-state index contributed by atoms with van der Waals surface area (Å²) in [5.74, 6) is -0.356. The van der Waals surface area contributed by atoms with Crippen molar-refractivity contribution >= 4 is 5.91 Å². The van der Waals surface area contributed by atoms with Crippen LogP contribution in [-0.2, 0) is 13.1 Å². The highest BCUT2D eigenvalue weighted by atomic mass is 16.2. The largest absolute Gasteiger partial charge is 0.348 e. The number of aryl methyl sites for hydroxylation is 1. The van der Waals surface area contributed by atoms with Gasteiger partial charge >= 0.3 is 0 Å². The number of amides is 1. The molecule has 0 aliphatic rings. The number of carbonyl (C=O) groups is 1. The van der Waals surface area contributed by atoms with Crippen LogP contribution in [0.4, 0.5) is 0 Å². The summed E-state index contributed by atoms with van der Waals surface area (Å²) in [4.78, 5) is 29.0. The van der Waals surface area contributed by atoms with Crippen LogP contribution in [0.15, 0.2) is 41.2 Å². The van der Waals surface area contributed by atoms with E-state index in [9.17, 15) is 9.59 Å². The summed E-state index contributed by atoms with van der Waals surface area (Å²) in [6.07, 6.45) is 0. The zero-order chi connectivity index (χ0) is 17.5. The van der Waals surface area contributed by atoms with Gasteiger partial charge in [0.1, 0.15) is 5.56 Å². The maximum atomic E-state index is 12.2. The van der Waals surface area contributed by atoms with E-state index >= 15 is 0 Å². The summed E-state index contributed by atoms with van der Waals surface area (Å²) in [5.41, 5.74) is 2.76. The van der Waals surface area contributed by atoms with E-state index < -0.39 is 0 Å². The molecule has 24 heavy (non-hydrogen) atoms. The van der Waals surface area contributed by atoms with Crippen LogP contribution in [0.1, 0.15) is 41.0 Å². The van der Waals surface area contributed by atoms with Gasteiger partial charge in [-0.1, -0.05) is 38.1 Å². The van der Waals surface area contributed by atoms with Crippen molar-refractivity contribution in [3.8, 4) is 0 Å². The van der Waals surface area contributed by atoms with Crippen LogP contribution < -0.4 is 10.9 Å². The van der Waals surface area contributed by atoms with E-state index in [-0.39, 0.29) is 17.0 Å². The molecule has 5 nitrogen and oxygen atoms in total. The van der Waals surface area contributed by atoms with E-state index in [1.165, 1.54) is 5.56 Å². The third kappa shape index (κ3) is 4.80. The van der Waals surface area contributed by atoms with Gasteiger partial charge in [0.05, 0.1) is 0 Å². The molecule has 0 atom stereocenters. The first-order valence-corrected chi connectivity index (χ1v) is 8.31. The summed E-state index contributed by atoms with van der Waals surface area (Å²) in [6.45, 7) is 9.38. The van der Waals surface area contributed by atoms with E-state index in [1.807, 2.05) is 12.1 Å². The lowest BCUT2D eigenvalue weighted by atomic mass is 10.1. The van der Waals surface area contributed by atoms with E-state index in [4.69, 9.17) is 0 Å². The fourth-order valence-electron chi connectivity index (χ4n) is 2.57. The van der Waals surface area contributed by atoms with Gasteiger partial charge < -0.3 is 10.3 Å². The van der Waals surface area contributed by atoms with Crippen molar-refractivity contribution in [1.82, 2.24) is 15.2 Å². The Morgan fingerprint density at radius 2 is 1.83 bits per heavy atom. The van der Waals surface area contributed by atoms with Gasteiger partial charge in [-0.3, -0.25) is 14.5 Å². The molecule has 0 aliphatic carbocycles. The number of aromatic amines is 1. The third-order valence-electron chi connectivity index (χ3n) is 4.05. The minimum absolute atomic E-state index is 0.139. The van der Waals surface area contributed by atoms with Gasteiger partial charge in [0.15, 0.2) is 0 Å². The number of H-pyrrole nitrogens is 1. The molecule has 0 spiro atoms. The lowest BCUT2D eigenvalue weighted by Gasteiger charge is -2.18. The zero-order valence-corrected chi connectivity index (χ0v) is 14.6. The molecule has 128 valence electrons. The highest BCUT2D eigenvalue weighted by Crippen LogP contribution is 2.08. The Bertz CT molecular complexity index is 748. The normalized spacial score (nSPS) is 10.8. The molecule has 0 bridgehead atoms. The minimum atomic E-state index is -0.359. The van der Waals surface area contributed by atoms with Gasteiger partial charge in [-0.15, -0.1) is 0 Å². The monoisotopic (exact) mass is 327 g/mol. The first kappa shape index (κ1) is 17.9. The number of benzene rings is 1. The number of carbonyl (C=O) groups excluding carboxylic acids is 1. The molecule has 0 saturated carbocycles. The van der Waals surface area contributed by atoms with E-state index in [0.717, 1.165) is 30.9 Å². The summed E-state index contributed by atoms with van der Waals surface area (Å²) in [5, 5.41) is 2.81. The Kier molecular flexibility index (Phi) is 6.32. The predicted molar refractivity (Wildman–Crippen MR) is 96.0 cm³/mol. The molecular formula is C19H25N3O2. The SMILES string of the molecule is CCN(CC)Cc1cccc(CNC(=O)c2ccc(C)[nH]c2=O)c1. The number of nitrogens with one attached hydrogen (secondary N) is 2. The maximum absolute atomic E-state index is 12.2. The Morgan fingerprint density at radius 3 is 2.50 bits per heavy atom. The second kappa shape index (κ2) is 8.45. The predicted octanol–water partition coefficient (Wildman–Crippen LogP) is 2.46. The molecule has 1 aromatic heterocycles. The van der Waals surface area contributed by atoms with E-state index in [2.05, 4.69) is 41.2 Å². The van der Waals surface area contributed by atoms with Crippen molar-refractivity contribution < 1.29 is 4.79 Å². The molecule has 5 heteroatoms. The van der Waals surface area contributed by atoms with Gasteiger partial charge in [0.25, 0.3) is 11.5 Å². The number of hydrogen-bond donors (Lipinski definition) is 2. The fraction of sp³-hybridized carbons (Fsp3) is 0.368. The number of rotatable bonds is 7. The van der Waals surface area contributed by atoms with Crippen molar-refractivity contribution in [1.29, 1.82) is 0 Å². The van der Waals surface area contributed by atoms with Gasteiger partial charge in [-0.25, -0.2) is 0 Å². The van der Waals surface area contributed by atoms with Crippen molar-refractivity contribution in [2.75, 3.05) is 13.1 Å². The van der Waals surface area contributed by atoms with Crippen LogP contribution in [0, 0.1) is 6.92 Å². The molecule has 1 aromatic carbocycles. The van der Waals surface area contributed by atoms with Crippen LogP contribution in [0.2, 0.25) is 0 Å². The molecular weight excluding hydrogens is 302 g/mol. The molecule has 1 amide bonds. The smallest absolute Gasteiger partial charge is 0.260 e. The number of aromatic nitrogens is 1. The van der Waals surface area contributed by atoms with Crippen LogP contribution in [0.25, 0.3) is 0 Å². The summed E-state index contributed by atoms with van der Waals surface area (Å²) in [6, 6.07) is 11.4. The van der Waals surface area contributed by atoms with Crippen molar-refractivity contribution in [3.63, 3.8) is 0 Å². The zero-order valence-electron chi connectivity index (χ0n) is 14.6. The molecule has 1 heterocycles. The lowest BCUT2D eigenvalue weighted by molar-refractivity contribution is 0.0949. The van der Waals surface area contributed by atoms with Crippen LogP contribution in [0.5, 0.6) is 0 Å². The van der Waals surface area contributed by atoms with Crippen LogP contribution in [0.3, 0.4) is 0 Å². The molecule has 0 aliphatic heterocycles. The molecule has 0 saturated heterocycles. The minimum Gasteiger partial charge on any atom is -0.348 e. The van der Waals surface area contributed by atoms with Crippen molar-refractivity contribution in [2.45, 2.75) is 33.9 Å². The highest BCUT2D eigenvalue weighted by Gasteiger charge is 2.10. The lowest BCUT2D eigenvalue weighted by Crippen LogP contribution is -2.29. The van der Waals surface area contributed by atoms with Crippen molar-refractivity contribution in [2.24, 2.45) is 0 Å². The highest BCUT2D eigenvalue weighted by molar-refractivity contribution is 5.93. The Hall–Kier alpha value is -2.40. The first-order valence-electron chi connectivity index (χ1n) is 8.31. The van der Waals surface area contributed by atoms with Crippen molar-refractivity contribution in [3.05, 3.63) is 69.1 Å².